The number of aromatic nitrogens is 1. The second-order valence-electron chi connectivity index (χ2n) is 8.20. The number of carbonyl (C=O) groups excluding carboxylic acids is 1. The van der Waals surface area contributed by atoms with Gasteiger partial charge in [0.25, 0.3) is 0 Å². The molecular weight excluding hydrogens is 326 g/mol. The van der Waals surface area contributed by atoms with E-state index in [9.17, 15) is 4.79 Å². The van der Waals surface area contributed by atoms with E-state index in [1.54, 1.807) is 0 Å². The van der Waals surface area contributed by atoms with Crippen molar-refractivity contribution in [3.8, 4) is 0 Å². The van der Waals surface area contributed by atoms with Crippen LogP contribution < -0.4 is 5.73 Å². The Labute approximate surface area is 156 Å². The molecule has 1 unspecified atom stereocenters. The fourth-order valence-electron chi connectivity index (χ4n) is 4.68. The van der Waals surface area contributed by atoms with Gasteiger partial charge < -0.3 is 10.6 Å². The van der Waals surface area contributed by atoms with E-state index in [0.717, 1.165) is 58.7 Å². The van der Waals surface area contributed by atoms with Crippen molar-refractivity contribution in [2.75, 3.05) is 39.3 Å². The highest BCUT2D eigenvalue weighted by molar-refractivity contribution is 5.80. The molecule has 26 heavy (non-hydrogen) atoms. The van der Waals surface area contributed by atoms with Gasteiger partial charge in [-0.15, -0.1) is 0 Å². The van der Waals surface area contributed by atoms with Gasteiger partial charge in [0, 0.05) is 50.7 Å². The van der Waals surface area contributed by atoms with Crippen LogP contribution >= 0.6 is 0 Å². The van der Waals surface area contributed by atoms with E-state index in [4.69, 9.17) is 5.73 Å². The van der Waals surface area contributed by atoms with E-state index < -0.39 is 0 Å². The van der Waals surface area contributed by atoms with Gasteiger partial charge in [-0.3, -0.25) is 19.6 Å². The molecule has 0 spiro atoms. The highest BCUT2D eigenvalue weighted by atomic mass is 16.2. The summed E-state index contributed by atoms with van der Waals surface area (Å²) in [7, 11) is 0. The topological polar surface area (TPSA) is 65.7 Å². The molecule has 0 bridgehead atoms. The number of likely N-dealkylation sites (tertiary alicyclic amines) is 3. The quantitative estimate of drug-likeness (QED) is 0.868. The second-order valence-corrected chi connectivity index (χ2v) is 8.20. The largest absolute Gasteiger partial charge is 0.339 e. The molecule has 0 aliphatic carbocycles. The third-order valence-corrected chi connectivity index (χ3v) is 6.25. The summed E-state index contributed by atoms with van der Waals surface area (Å²) in [5, 5.41) is 0. The normalized spacial score (nSPS) is 26.7. The maximum atomic E-state index is 12.6. The second kappa shape index (κ2) is 8.03. The van der Waals surface area contributed by atoms with Crippen molar-refractivity contribution in [3.05, 3.63) is 30.1 Å². The minimum atomic E-state index is 0.186. The summed E-state index contributed by atoms with van der Waals surface area (Å²) in [6.45, 7) is 6.90. The molecule has 0 aromatic carbocycles. The molecule has 4 rings (SSSR count). The Morgan fingerprint density at radius 3 is 2.50 bits per heavy atom. The number of pyridine rings is 1. The summed E-state index contributed by atoms with van der Waals surface area (Å²) in [4.78, 5) is 23.8. The van der Waals surface area contributed by atoms with Crippen LogP contribution in [-0.2, 0) is 11.3 Å². The van der Waals surface area contributed by atoms with Gasteiger partial charge in [-0.25, -0.2) is 0 Å². The fourth-order valence-corrected chi connectivity index (χ4v) is 4.68. The molecule has 1 aromatic rings. The lowest BCUT2D eigenvalue weighted by atomic mass is 9.91. The first-order chi connectivity index (χ1) is 12.7. The van der Waals surface area contributed by atoms with Crippen molar-refractivity contribution >= 4 is 5.91 Å². The number of carbonyl (C=O) groups is 1. The van der Waals surface area contributed by atoms with Gasteiger partial charge in [0.15, 0.2) is 0 Å². The summed E-state index contributed by atoms with van der Waals surface area (Å²) >= 11 is 0. The van der Waals surface area contributed by atoms with Crippen molar-refractivity contribution in [1.82, 2.24) is 19.7 Å². The standard InChI is InChI=1S/C20H31N5O/c21-18-14-25(15-18)20(26)17-2-1-9-24(13-17)19-5-10-23(11-6-19)12-16-3-7-22-8-4-16/h3-4,7-8,17-19H,1-2,5-6,9-15,21H2. The van der Waals surface area contributed by atoms with Crippen LogP contribution in [0.4, 0.5) is 0 Å². The molecule has 0 saturated carbocycles. The van der Waals surface area contributed by atoms with Gasteiger partial charge in [-0.2, -0.15) is 0 Å². The van der Waals surface area contributed by atoms with E-state index in [1.807, 2.05) is 17.3 Å². The van der Waals surface area contributed by atoms with E-state index in [1.165, 1.54) is 18.4 Å². The monoisotopic (exact) mass is 357 g/mol. The van der Waals surface area contributed by atoms with Crippen LogP contribution in [0, 0.1) is 5.92 Å². The minimum absolute atomic E-state index is 0.186. The molecule has 6 nitrogen and oxygen atoms in total. The molecule has 0 radical (unpaired) electrons. The van der Waals surface area contributed by atoms with E-state index in [-0.39, 0.29) is 12.0 Å². The van der Waals surface area contributed by atoms with Crippen molar-refractivity contribution in [2.45, 2.75) is 44.3 Å². The lowest BCUT2D eigenvalue weighted by Crippen LogP contribution is -2.60. The predicted octanol–water partition coefficient (Wildman–Crippen LogP) is 0.928. The minimum Gasteiger partial charge on any atom is -0.339 e. The number of piperidine rings is 2. The Kier molecular flexibility index (Phi) is 5.52. The molecule has 1 atom stereocenters. The number of hydrogen-bond donors (Lipinski definition) is 1. The average Bonchev–Trinajstić information content (AvgIpc) is 2.66. The molecule has 1 aromatic heterocycles. The molecule has 3 saturated heterocycles. The highest BCUT2D eigenvalue weighted by Gasteiger charge is 2.36. The van der Waals surface area contributed by atoms with Crippen molar-refractivity contribution < 1.29 is 4.79 Å². The third kappa shape index (κ3) is 4.08. The molecule has 3 fully saturated rings. The molecule has 2 N–H and O–H groups in total. The van der Waals surface area contributed by atoms with Crippen LogP contribution in [0.15, 0.2) is 24.5 Å². The van der Waals surface area contributed by atoms with Gasteiger partial charge in [0.2, 0.25) is 5.91 Å². The van der Waals surface area contributed by atoms with Crippen LogP contribution in [-0.4, -0.2) is 76.9 Å². The smallest absolute Gasteiger partial charge is 0.227 e. The highest BCUT2D eigenvalue weighted by Crippen LogP contribution is 2.26. The SMILES string of the molecule is NC1CN(C(=O)C2CCCN(C3CCN(Cc4ccncc4)CC3)C2)C1. The molecular formula is C20H31N5O. The van der Waals surface area contributed by atoms with Crippen LogP contribution in [0.2, 0.25) is 0 Å². The molecule has 6 heteroatoms. The van der Waals surface area contributed by atoms with Crippen LogP contribution in [0.25, 0.3) is 0 Å². The average molecular weight is 358 g/mol. The lowest BCUT2D eigenvalue weighted by molar-refractivity contribution is -0.142. The molecule has 1 amide bonds. The third-order valence-electron chi connectivity index (χ3n) is 6.25. The summed E-state index contributed by atoms with van der Waals surface area (Å²) in [5.41, 5.74) is 7.18. The zero-order valence-electron chi connectivity index (χ0n) is 15.6. The van der Waals surface area contributed by atoms with Gasteiger partial charge >= 0.3 is 0 Å². The number of amides is 1. The molecule has 3 aliphatic rings. The Hall–Kier alpha value is -1.50. The predicted molar refractivity (Wildman–Crippen MR) is 101 cm³/mol. The lowest BCUT2D eigenvalue weighted by Gasteiger charge is -2.44. The summed E-state index contributed by atoms with van der Waals surface area (Å²) < 4.78 is 0. The number of hydrogen-bond acceptors (Lipinski definition) is 5. The Balaban J connectivity index is 1.25. The van der Waals surface area contributed by atoms with Crippen LogP contribution in [0.1, 0.15) is 31.2 Å². The zero-order chi connectivity index (χ0) is 17.9. The van der Waals surface area contributed by atoms with Gasteiger partial charge in [0.05, 0.1) is 5.92 Å². The number of rotatable bonds is 4. The van der Waals surface area contributed by atoms with Crippen molar-refractivity contribution in [3.63, 3.8) is 0 Å². The van der Waals surface area contributed by atoms with E-state index >= 15 is 0 Å². The molecule has 4 heterocycles. The van der Waals surface area contributed by atoms with E-state index in [0.29, 0.717) is 11.9 Å². The van der Waals surface area contributed by atoms with Gasteiger partial charge in [-0.05, 0) is 63.0 Å². The van der Waals surface area contributed by atoms with Crippen LogP contribution in [0.5, 0.6) is 0 Å². The Morgan fingerprint density at radius 1 is 1.08 bits per heavy atom. The van der Waals surface area contributed by atoms with Crippen molar-refractivity contribution in [1.29, 1.82) is 0 Å². The van der Waals surface area contributed by atoms with Gasteiger partial charge in [0.1, 0.15) is 0 Å². The first kappa shape index (κ1) is 17.9. The fraction of sp³-hybridized carbons (Fsp3) is 0.700. The zero-order valence-corrected chi connectivity index (χ0v) is 15.6. The first-order valence-electron chi connectivity index (χ1n) is 10.1. The summed E-state index contributed by atoms with van der Waals surface area (Å²) in [5.74, 6) is 0.526. The summed E-state index contributed by atoms with van der Waals surface area (Å²) in [6, 6.07) is 5.05. The number of nitrogens with zero attached hydrogens (tertiary/aromatic N) is 4. The van der Waals surface area contributed by atoms with Crippen LogP contribution in [0.3, 0.4) is 0 Å². The molecule has 3 aliphatic heterocycles. The summed E-state index contributed by atoms with van der Waals surface area (Å²) in [6.07, 6.45) is 8.35. The number of nitrogens with two attached hydrogens (primary N) is 1. The maximum Gasteiger partial charge on any atom is 0.227 e. The van der Waals surface area contributed by atoms with E-state index in [2.05, 4.69) is 26.9 Å². The Bertz CT molecular complexity index is 595. The first-order valence-corrected chi connectivity index (χ1v) is 10.1. The Morgan fingerprint density at radius 2 is 1.81 bits per heavy atom. The van der Waals surface area contributed by atoms with Gasteiger partial charge in [-0.1, -0.05) is 0 Å². The molecule has 142 valence electrons. The van der Waals surface area contributed by atoms with Crippen molar-refractivity contribution in [2.24, 2.45) is 11.7 Å². The maximum absolute atomic E-state index is 12.6.